The summed E-state index contributed by atoms with van der Waals surface area (Å²) in [7, 11) is -3.82. The molecule has 1 atom stereocenters. The molecule has 0 saturated carbocycles. The van der Waals surface area contributed by atoms with Crippen LogP contribution < -0.4 is 14.4 Å². The molecule has 1 unspecified atom stereocenters. The summed E-state index contributed by atoms with van der Waals surface area (Å²) in [5, 5.41) is 2.81. The SMILES string of the molecule is CCOc1ccccc1NC(=O)c1cccc(S(=O)(=O)N2c3ccccc3CC2C)c1. The Labute approximate surface area is 182 Å². The largest absolute Gasteiger partial charge is 0.492 e. The molecular weight excluding hydrogens is 412 g/mol. The van der Waals surface area contributed by atoms with Crippen LogP contribution in [-0.4, -0.2) is 27.0 Å². The number of benzene rings is 3. The predicted octanol–water partition coefficient (Wildman–Crippen LogP) is 4.48. The summed E-state index contributed by atoms with van der Waals surface area (Å²) in [6.45, 7) is 4.22. The fraction of sp³-hybridized carbons (Fsp3) is 0.208. The lowest BCUT2D eigenvalue weighted by Crippen LogP contribution is -2.35. The zero-order valence-corrected chi connectivity index (χ0v) is 18.2. The van der Waals surface area contributed by atoms with Gasteiger partial charge in [0.05, 0.1) is 22.9 Å². The van der Waals surface area contributed by atoms with Gasteiger partial charge in [-0.05, 0) is 62.2 Å². The maximum absolute atomic E-state index is 13.5. The molecule has 1 aliphatic heterocycles. The van der Waals surface area contributed by atoms with Crippen molar-refractivity contribution in [2.75, 3.05) is 16.2 Å². The zero-order chi connectivity index (χ0) is 22.0. The van der Waals surface area contributed by atoms with E-state index < -0.39 is 15.9 Å². The van der Waals surface area contributed by atoms with Crippen molar-refractivity contribution >= 4 is 27.3 Å². The van der Waals surface area contributed by atoms with Crippen molar-refractivity contribution < 1.29 is 17.9 Å². The van der Waals surface area contributed by atoms with Gasteiger partial charge in [0.15, 0.2) is 0 Å². The molecule has 1 aliphatic rings. The highest BCUT2D eigenvalue weighted by Gasteiger charge is 2.36. The minimum atomic E-state index is -3.82. The molecule has 0 bridgehead atoms. The standard InChI is InChI=1S/C24H24N2O4S/c1-3-30-23-14-7-5-12-21(23)25-24(27)19-10-8-11-20(16-19)31(28,29)26-17(2)15-18-9-4-6-13-22(18)26/h4-14,16-17H,3,15H2,1-2H3,(H,25,27). The summed E-state index contributed by atoms with van der Waals surface area (Å²) >= 11 is 0. The fourth-order valence-corrected chi connectivity index (χ4v) is 5.60. The highest BCUT2D eigenvalue weighted by Crippen LogP contribution is 2.36. The van der Waals surface area contributed by atoms with Gasteiger partial charge in [0, 0.05) is 11.6 Å². The Bertz CT molecular complexity index is 1220. The number of rotatable bonds is 6. The number of amides is 1. The third-order valence-electron chi connectivity index (χ3n) is 5.23. The summed E-state index contributed by atoms with van der Waals surface area (Å²) in [4.78, 5) is 12.9. The van der Waals surface area contributed by atoms with E-state index in [1.807, 2.05) is 44.2 Å². The number of hydrogen-bond acceptors (Lipinski definition) is 4. The molecule has 160 valence electrons. The van der Waals surface area contributed by atoms with Crippen LogP contribution in [0.25, 0.3) is 0 Å². The Hall–Kier alpha value is -3.32. The first-order valence-electron chi connectivity index (χ1n) is 10.2. The van der Waals surface area contributed by atoms with Crippen LogP contribution in [0.4, 0.5) is 11.4 Å². The predicted molar refractivity (Wildman–Crippen MR) is 121 cm³/mol. The maximum Gasteiger partial charge on any atom is 0.264 e. The molecule has 0 radical (unpaired) electrons. The van der Waals surface area contributed by atoms with Crippen LogP contribution in [0, 0.1) is 0 Å². The van der Waals surface area contributed by atoms with E-state index in [9.17, 15) is 13.2 Å². The third kappa shape index (κ3) is 4.01. The van der Waals surface area contributed by atoms with E-state index in [-0.39, 0.29) is 16.5 Å². The topological polar surface area (TPSA) is 75.7 Å². The van der Waals surface area contributed by atoms with Gasteiger partial charge in [-0.15, -0.1) is 0 Å². The van der Waals surface area contributed by atoms with E-state index >= 15 is 0 Å². The van der Waals surface area contributed by atoms with Crippen molar-refractivity contribution in [2.45, 2.75) is 31.2 Å². The van der Waals surface area contributed by atoms with Crippen LogP contribution >= 0.6 is 0 Å². The Morgan fingerprint density at radius 2 is 1.81 bits per heavy atom. The molecular formula is C24H24N2O4S. The van der Waals surface area contributed by atoms with Crippen molar-refractivity contribution in [3.05, 3.63) is 83.9 Å². The van der Waals surface area contributed by atoms with Gasteiger partial charge in [-0.3, -0.25) is 9.10 Å². The van der Waals surface area contributed by atoms with Crippen LogP contribution in [0.15, 0.2) is 77.7 Å². The van der Waals surface area contributed by atoms with Gasteiger partial charge in [-0.2, -0.15) is 0 Å². The highest BCUT2D eigenvalue weighted by molar-refractivity contribution is 7.92. The van der Waals surface area contributed by atoms with Gasteiger partial charge in [-0.1, -0.05) is 36.4 Å². The number of nitrogens with one attached hydrogen (secondary N) is 1. The minimum absolute atomic E-state index is 0.0850. The average molecular weight is 437 g/mol. The summed E-state index contributed by atoms with van der Waals surface area (Å²) in [6.07, 6.45) is 0.657. The van der Waals surface area contributed by atoms with E-state index in [0.29, 0.717) is 30.2 Å². The Kier molecular flexibility index (Phi) is 5.69. The summed E-state index contributed by atoms with van der Waals surface area (Å²) in [5.41, 5.74) is 2.48. The number of carbonyl (C=O) groups excluding carboxylic acids is 1. The van der Waals surface area contributed by atoms with Crippen LogP contribution in [-0.2, 0) is 16.4 Å². The zero-order valence-electron chi connectivity index (χ0n) is 17.4. The number of hydrogen-bond donors (Lipinski definition) is 1. The van der Waals surface area contributed by atoms with E-state index in [4.69, 9.17) is 4.74 Å². The molecule has 1 amide bonds. The van der Waals surface area contributed by atoms with E-state index in [1.54, 1.807) is 30.3 Å². The molecule has 0 fully saturated rings. The number of ether oxygens (including phenoxy) is 1. The molecule has 3 aromatic rings. The van der Waals surface area contributed by atoms with Gasteiger partial charge >= 0.3 is 0 Å². The summed E-state index contributed by atoms with van der Waals surface area (Å²) in [5.74, 6) is 0.156. The van der Waals surface area contributed by atoms with E-state index in [2.05, 4.69) is 5.32 Å². The van der Waals surface area contributed by atoms with Crippen molar-refractivity contribution in [2.24, 2.45) is 0 Å². The molecule has 0 aliphatic carbocycles. The maximum atomic E-state index is 13.5. The highest BCUT2D eigenvalue weighted by atomic mass is 32.2. The number of carbonyl (C=O) groups is 1. The van der Waals surface area contributed by atoms with Crippen molar-refractivity contribution in [1.82, 2.24) is 0 Å². The van der Waals surface area contributed by atoms with Crippen molar-refractivity contribution in [3.63, 3.8) is 0 Å². The average Bonchev–Trinajstić information content (AvgIpc) is 3.11. The lowest BCUT2D eigenvalue weighted by atomic mass is 10.1. The molecule has 6 nitrogen and oxygen atoms in total. The Morgan fingerprint density at radius 1 is 1.06 bits per heavy atom. The van der Waals surface area contributed by atoms with Gasteiger partial charge in [-0.25, -0.2) is 8.42 Å². The molecule has 7 heteroatoms. The first kappa shape index (κ1) is 20.9. The second-order valence-electron chi connectivity index (χ2n) is 7.39. The van der Waals surface area contributed by atoms with Crippen molar-refractivity contribution in [3.8, 4) is 5.75 Å². The van der Waals surface area contributed by atoms with Gasteiger partial charge in [0.25, 0.3) is 15.9 Å². The normalized spacial score (nSPS) is 15.4. The first-order chi connectivity index (χ1) is 14.9. The molecule has 31 heavy (non-hydrogen) atoms. The Morgan fingerprint density at radius 3 is 2.61 bits per heavy atom. The Balaban J connectivity index is 1.64. The van der Waals surface area contributed by atoms with Crippen LogP contribution in [0.2, 0.25) is 0 Å². The molecule has 3 aromatic carbocycles. The summed E-state index contributed by atoms with van der Waals surface area (Å²) < 4.78 is 33.9. The molecule has 0 saturated heterocycles. The summed E-state index contributed by atoms with van der Waals surface area (Å²) in [6, 6.07) is 20.6. The molecule has 1 N–H and O–H groups in total. The number of sulfonamides is 1. The number of nitrogens with zero attached hydrogens (tertiary/aromatic N) is 1. The third-order valence-corrected chi connectivity index (χ3v) is 7.16. The van der Waals surface area contributed by atoms with Gasteiger partial charge < -0.3 is 10.1 Å². The molecule has 0 spiro atoms. The lowest BCUT2D eigenvalue weighted by molar-refractivity contribution is 0.102. The minimum Gasteiger partial charge on any atom is -0.492 e. The van der Waals surface area contributed by atoms with Gasteiger partial charge in [0.2, 0.25) is 0 Å². The number of anilines is 2. The van der Waals surface area contributed by atoms with E-state index in [1.165, 1.54) is 16.4 Å². The van der Waals surface area contributed by atoms with Crippen LogP contribution in [0.3, 0.4) is 0 Å². The number of para-hydroxylation sites is 3. The molecule has 4 rings (SSSR count). The smallest absolute Gasteiger partial charge is 0.264 e. The van der Waals surface area contributed by atoms with Crippen molar-refractivity contribution in [1.29, 1.82) is 0 Å². The fourth-order valence-electron chi connectivity index (χ4n) is 3.86. The van der Waals surface area contributed by atoms with Gasteiger partial charge in [0.1, 0.15) is 5.75 Å². The van der Waals surface area contributed by atoms with E-state index in [0.717, 1.165) is 5.56 Å². The quantitative estimate of drug-likeness (QED) is 0.618. The molecule has 1 heterocycles. The monoisotopic (exact) mass is 436 g/mol. The second-order valence-corrected chi connectivity index (χ2v) is 9.21. The van der Waals surface area contributed by atoms with Crippen LogP contribution in [0.1, 0.15) is 29.8 Å². The lowest BCUT2D eigenvalue weighted by Gasteiger charge is -2.24. The molecule has 0 aromatic heterocycles. The first-order valence-corrected chi connectivity index (χ1v) is 11.6. The van der Waals surface area contributed by atoms with Crippen LogP contribution in [0.5, 0.6) is 5.75 Å². The second kappa shape index (κ2) is 8.43. The number of fused-ring (bicyclic) bond motifs is 1.